The molecule has 9 nitrogen and oxygen atoms in total. The fourth-order valence-corrected chi connectivity index (χ4v) is 3.59. The van der Waals surface area contributed by atoms with Crippen LogP contribution in [0.3, 0.4) is 0 Å². The Balaban J connectivity index is 1.51. The number of piperidine rings is 1. The Morgan fingerprint density at radius 2 is 1.71 bits per heavy atom. The van der Waals surface area contributed by atoms with E-state index < -0.39 is 18.0 Å². The highest BCUT2D eigenvalue weighted by atomic mass is 16.6. The number of ether oxygens (including phenoxy) is 1. The number of carboxylic acids is 1. The van der Waals surface area contributed by atoms with E-state index in [1.54, 1.807) is 35.2 Å². The summed E-state index contributed by atoms with van der Waals surface area (Å²) < 4.78 is 4.93. The molecule has 9 heteroatoms. The molecule has 2 fully saturated rings. The molecule has 0 spiro atoms. The number of urea groups is 1. The van der Waals surface area contributed by atoms with E-state index in [0.29, 0.717) is 51.0 Å². The summed E-state index contributed by atoms with van der Waals surface area (Å²) in [7, 11) is 0. The Hall–Kier alpha value is -3.10. The van der Waals surface area contributed by atoms with Gasteiger partial charge < -0.3 is 24.5 Å². The minimum absolute atomic E-state index is 0.0574. The molecular formula is C19H23N3O6. The second-order valence-electron chi connectivity index (χ2n) is 6.88. The normalized spacial score (nSPS) is 18.1. The van der Waals surface area contributed by atoms with E-state index in [9.17, 15) is 19.2 Å². The number of carbonyl (C=O) groups is 4. The van der Waals surface area contributed by atoms with Crippen molar-refractivity contribution in [2.24, 2.45) is 0 Å². The molecule has 1 aromatic carbocycles. The smallest absolute Gasteiger partial charge is 0.417 e. The number of hydrogen-bond acceptors (Lipinski definition) is 5. The number of benzene rings is 1. The summed E-state index contributed by atoms with van der Waals surface area (Å²) in [5.74, 6) is -1.72. The van der Waals surface area contributed by atoms with Crippen LogP contribution in [0.4, 0.5) is 9.59 Å². The van der Waals surface area contributed by atoms with Crippen molar-refractivity contribution in [2.45, 2.75) is 25.3 Å². The van der Waals surface area contributed by atoms with Gasteiger partial charge in [0, 0.05) is 32.2 Å². The topological polar surface area (TPSA) is 107 Å². The lowest BCUT2D eigenvalue weighted by molar-refractivity contribution is -0.138. The standard InChI is InChI=1S/C19H23N3O6/c23-16(24)13-21-9-4-10-22(18(21)26)15-7-11-20(12-8-15)19(27)28-17(25)14-5-2-1-3-6-14/h1-3,5-6,15H,4,7-13H2,(H,23,24). The Bertz CT molecular complexity index is 745. The van der Waals surface area contributed by atoms with Crippen LogP contribution in [0.25, 0.3) is 0 Å². The second-order valence-corrected chi connectivity index (χ2v) is 6.88. The Labute approximate surface area is 162 Å². The Morgan fingerprint density at radius 1 is 1.04 bits per heavy atom. The molecule has 0 unspecified atom stereocenters. The molecule has 0 saturated carbocycles. The molecule has 0 radical (unpaired) electrons. The van der Waals surface area contributed by atoms with Crippen molar-refractivity contribution >= 4 is 24.1 Å². The zero-order chi connectivity index (χ0) is 20.1. The molecule has 2 saturated heterocycles. The lowest BCUT2D eigenvalue weighted by atomic mass is 10.0. The summed E-state index contributed by atoms with van der Waals surface area (Å²) in [6.07, 6.45) is 1.14. The molecule has 28 heavy (non-hydrogen) atoms. The molecular weight excluding hydrogens is 366 g/mol. The van der Waals surface area contributed by atoms with Crippen molar-refractivity contribution in [1.82, 2.24) is 14.7 Å². The number of aliphatic carboxylic acids is 1. The van der Waals surface area contributed by atoms with Crippen LogP contribution in [-0.4, -0.2) is 82.6 Å². The summed E-state index contributed by atoms with van der Waals surface area (Å²) in [5.41, 5.74) is 0.308. The minimum Gasteiger partial charge on any atom is -0.480 e. The summed E-state index contributed by atoms with van der Waals surface area (Å²) in [4.78, 5) is 52.2. The van der Waals surface area contributed by atoms with Crippen LogP contribution >= 0.6 is 0 Å². The Kier molecular flexibility index (Phi) is 6.13. The maximum atomic E-state index is 12.5. The second kappa shape index (κ2) is 8.73. The highest BCUT2D eigenvalue weighted by Crippen LogP contribution is 2.22. The van der Waals surface area contributed by atoms with Gasteiger partial charge >= 0.3 is 24.1 Å². The number of likely N-dealkylation sites (tertiary alicyclic amines) is 1. The van der Waals surface area contributed by atoms with Gasteiger partial charge in [0.05, 0.1) is 5.56 Å². The minimum atomic E-state index is -1.03. The van der Waals surface area contributed by atoms with Gasteiger partial charge in [0.2, 0.25) is 0 Å². The number of nitrogens with zero attached hydrogens (tertiary/aromatic N) is 3. The molecule has 1 N–H and O–H groups in total. The zero-order valence-electron chi connectivity index (χ0n) is 15.5. The van der Waals surface area contributed by atoms with Gasteiger partial charge in [-0.1, -0.05) is 18.2 Å². The fraction of sp³-hybridized carbons (Fsp3) is 0.474. The van der Waals surface area contributed by atoms with Crippen molar-refractivity contribution in [3.05, 3.63) is 35.9 Å². The zero-order valence-corrected chi connectivity index (χ0v) is 15.5. The lowest BCUT2D eigenvalue weighted by Gasteiger charge is -2.42. The predicted octanol–water partition coefficient (Wildman–Crippen LogP) is 1.64. The first-order valence-corrected chi connectivity index (χ1v) is 9.29. The predicted molar refractivity (Wildman–Crippen MR) is 97.8 cm³/mol. The van der Waals surface area contributed by atoms with Gasteiger partial charge in [0.1, 0.15) is 6.54 Å². The molecule has 3 rings (SSSR count). The molecule has 0 bridgehead atoms. The van der Waals surface area contributed by atoms with E-state index in [-0.39, 0.29) is 18.6 Å². The average molecular weight is 389 g/mol. The van der Waals surface area contributed by atoms with Crippen molar-refractivity contribution in [1.29, 1.82) is 0 Å². The highest BCUT2D eigenvalue weighted by molar-refractivity contribution is 5.96. The number of amides is 3. The van der Waals surface area contributed by atoms with E-state index in [4.69, 9.17) is 9.84 Å². The number of esters is 1. The third kappa shape index (κ3) is 4.59. The molecule has 0 aromatic heterocycles. The van der Waals surface area contributed by atoms with E-state index in [1.165, 1.54) is 9.80 Å². The maximum Gasteiger partial charge on any atom is 0.417 e. The van der Waals surface area contributed by atoms with Crippen LogP contribution in [0.15, 0.2) is 30.3 Å². The van der Waals surface area contributed by atoms with Crippen LogP contribution in [-0.2, 0) is 9.53 Å². The number of rotatable bonds is 4. The number of carboxylic acid groups (broad SMARTS) is 1. The third-order valence-corrected chi connectivity index (χ3v) is 5.02. The van der Waals surface area contributed by atoms with E-state index in [1.807, 2.05) is 0 Å². The molecule has 0 atom stereocenters. The van der Waals surface area contributed by atoms with Crippen LogP contribution < -0.4 is 0 Å². The molecule has 2 aliphatic rings. The molecule has 3 amide bonds. The molecule has 2 aliphatic heterocycles. The van der Waals surface area contributed by atoms with Gasteiger partial charge in [-0.15, -0.1) is 0 Å². The summed E-state index contributed by atoms with van der Waals surface area (Å²) >= 11 is 0. The van der Waals surface area contributed by atoms with E-state index >= 15 is 0 Å². The molecule has 0 aliphatic carbocycles. The van der Waals surface area contributed by atoms with Crippen LogP contribution in [0.1, 0.15) is 29.6 Å². The van der Waals surface area contributed by atoms with Crippen LogP contribution in [0.2, 0.25) is 0 Å². The maximum absolute atomic E-state index is 12.5. The first-order chi connectivity index (χ1) is 13.5. The molecule has 2 heterocycles. The van der Waals surface area contributed by atoms with Crippen LogP contribution in [0.5, 0.6) is 0 Å². The van der Waals surface area contributed by atoms with Crippen molar-refractivity contribution in [3.8, 4) is 0 Å². The van der Waals surface area contributed by atoms with Crippen molar-refractivity contribution in [2.75, 3.05) is 32.7 Å². The quantitative estimate of drug-likeness (QED) is 0.620. The van der Waals surface area contributed by atoms with Gasteiger partial charge in [-0.3, -0.25) is 4.79 Å². The largest absolute Gasteiger partial charge is 0.480 e. The Morgan fingerprint density at radius 3 is 2.36 bits per heavy atom. The fourth-order valence-electron chi connectivity index (χ4n) is 3.59. The van der Waals surface area contributed by atoms with Crippen molar-refractivity contribution < 1.29 is 29.0 Å². The van der Waals surface area contributed by atoms with Gasteiger partial charge in [0.25, 0.3) is 0 Å². The van der Waals surface area contributed by atoms with Crippen molar-refractivity contribution in [3.63, 3.8) is 0 Å². The van der Waals surface area contributed by atoms with Crippen LogP contribution in [0, 0.1) is 0 Å². The van der Waals surface area contributed by atoms with Gasteiger partial charge in [-0.25, -0.2) is 14.4 Å². The SMILES string of the molecule is O=C(O)CN1CCCN(C2CCN(C(=O)OC(=O)c3ccccc3)CC2)C1=O. The van der Waals surface area contributed by atoms with Gasteiger partial charge in [0.15, 0.2) is 0 Å². The summed E-state index contributed by atoms with van der Waals surface area (Å²) in [5, 5.41) is 8.93. The number of hydrogen-bond donors (Lipinski definition) is 1. The third-order valence-electron chi connectivity index (χ3n) is 5.02. The summed E-state index contributed by atoms with van der Waals surface area (Å²) in [6, 6.07) is 7.97. The summed E-state index contributed by atoms with van der Waals surface area (Å²) in [6.45, 7) is 1.45. The van der Waals surface area contributed by atoms with Gasteiger partial charge in [-0.2, -0.15) is 0 Å². The number of carbonyl (C=O) groups excluding carboxylic acids is 3. The molecule has 150 valence electrons. The first-order valence-electron chi connectivity index (χ1n) is 9.29. The van der Waals surface area contributed by atoms with E-state index in [0.717, 1.165) is 0 Å². The first kappa shape index (κ1) is 19.7. The van der Waals surface area contributed by atoms with Gasteiger partial charge in [-0.05, 0) is 31.4 Å². The average Bonchev–Trinajstić information content (AvgIpc) is 2.70. The van der Waals surface area contributed by atoms with E-state index in [2.05, 4.69) is 0 Å². The monoisotopic (exact) mass is 389 g/mol. The lowest BCUT2D eigenvalue weighted by Crippen LogP contribution is -2.57. The molecule has 1 aromatic rings. The highest BCUT2D eigenvalue weighted by Gasteiger charge is 2.35.